The molecule has 154 valence electrons. The van der Waals surface area contributed by atoms with Crippen molar-refractivity contribution in [2.75, 3.05) is 13.1 Å². The van der Waals surface area contributed by atoms with Gasteiger partial charge in [-0.3, -0.25) is 4.90 Å². The van der Waals surface area contributed by atoms with Crippen molar-refractivity contribution in [2.24, 2.45) is 0 Å². The molecule has 0 atom stereocenters. The van der Waals surface area contributed by atoms with Crippen LogP contribution in [0.25, 0.3) is 10.9 Å². The summed E-state index contributed by atoms with van der Waals surface area (Å²) in [7, 11) is -4.06. The van der Waals surface area contributed by atoms with E-state index in [1.165, 1.54) is 12.1 Å². The first-order chi connectivity index (χ1) is 13.7. The van der Waals surface area contributed by atoms with Crippen LogP contribution in [0.1, 0.15) is 12.0 Å². The summed E-state index contributed by atoms with van der Waals surface area (Å²) in [6, 6.07) is 7.76. The van der Waals surface area contributed by atoms with Crippen molar-refractivity contribution in [3.05, 3.63) is 47.5 Å². The predicted octanol–water partition coefficient (Wildman–Crippen LogP) is 3.61. The highest BCUT2D eigenvalue weighted by atomic mass is 32.2. The minimum Gasteiger partial charge on any atom is -0.418 e. The topological polar surface area (TPSA) is 68.6 Å². The lowest BCUT2D eigenvalue weighted by molar-refractivity contribution is -0.189. The summed E-state index contributed by atoms with van der Waals surface area (Å²) in [5, 5.41) is 1.76. The van der Waals surface area contributed by atoms with Crippen LogP contribution in [-0.4, -0.2) is 42.5 Å². The Hall–Kier alpha value is -2.37. The second-order valence-corrected chi connectivity index (χ2v) is 9.54. The van der Waals surface area contributed by atoms with Gasteiger partial charge in [-0.2, -0.15) is 21.6 Å². The van der Waals surface area contributed by atoms with Gasteiger partial charge in [0.1, 0.15) is 4.21 Å². The lowest BCUT2D eigenvalue weighted by atomic mass is 10.1. The summed E-state index contributed by atoms with van der Waals surface area (Å²) in [4.78, 5) is 13.5. The van der Waals surface area contributed by atoms with Gasteiger partial charge >= 0.3 is 12.1 Å². The van der Waals surface area contributed by atoms with Crippen LogP contribution in [0.15, 0.2) is 46.1 Å². The zero-order chi connectivity index (χ0) is 20.8. The molecule has 0 bridgehead atoms. The number of carbonyl (C=O) groups is 1. The summed E-state index contributed by atoms with van der Waals surface area (Å²) in [5.41, 5.74) is 0.744. The standard InChI is InChI=1S/C18H15F3N2O4S2/c19-18(20,21)17(24)27-14-11-23(29(25,26)15-6-2-9-28-15)13-5-1-4-12(16(13)14)10-22-7-3-8-22/h1-2,4-6,9,11H,3,7-8,10H2. The van der Waals surface area contributed by atoms with Gasteiger partial charge in [-0.05, 0) is 42.6 Å². The molecular formula is C18H15F3N2O4S2. The summed E-state index contributed by atoms with van der Waals surface area (Å²) in [6.45, 7) is 2.08. The number of thiophene rings is 1. The predicted molar refractivity (Wildman–Crippen MR) is 100 cm³/mol. The maximum absolute atomic E-state index is 13.0. The number of esters is 1. The number of hydrogen-bond acceptors (Lipinski definition) is 6. The highest BCUT2D eigenvalue weighted by Crippen LogP contribution is 2.36. The van der Waals surface area contributed by atoms with Gasteiger partial charge in [0.15, 0.2) is 5.75 Å². The van der Waals surface area contributed by atoms with Crippen LogP contribution < -0.4 is 4.74 Å². The van der Waals surface area contributed by atoms with E-state index in [-0.39, 0.29) is 15.1 Å². The SMILES string of the molecule is O=C(Oc1cn(S(=O)(=O)c2cccs2)c2cccc(CN3CCC3)c12)C(F)(F)F. The first-order valence-corrected chi connectivity index (χ1v) is 10.9. The third-order valence-corrected chi connectivity index (χ3v) is 7.68. The third kappa shape index (κ3) is 3.65. The van der Waals surface area contributed by atoms with Gasteiger partial charge in [0.25, 0.3) is 10.0 Å². The average Bonchev–Trinajstić information content (AvgIpc) is 3.26. The minimum atomic E-state index is -5.20. The van der Waals surface area contributed by atoms with Crippen molar-refractivity contribution in [3.8, 4) is 5.75 Å². The van der Waals surface area contributed by atoms with E-state index in [1.54, 1.807) is 23.6 Å². The Kier molecular flexibility index (Phi) is 4.91. The molecule has 4 rings (SSSR count). The number of rotatable bonds is 5. The van der Waals surface area contributed by atoms with Crippen molar-refractivity contribution in [2.45, 2.75) is 23.4 Å². The van der Waals surface area contributed by atoms with Crippen LogP contribution in [0, 0.1) is 0 Å². The Morgan fingerprint density at radius 3 is 2.52 bits per heavy atom. The molecule has 0 radical (unpaired) electrons. The fourth-order valence-electron chi connectivity index (χ4n) is 3.15. The van der Waals surface area contributed by atoms with E-state index in [0.717, 1.165) is 41.0 Å². The smallest absolute Gasteiger partial charge is 0.418 e. The third-order valence-electron chi connectivity index (χ3n) is 4.63. The lowest BCUT2D eigenvalue weighted by Crippen LogP contribution is -2.36. The summed E-state index contributed by atoms with van der Waals surface area (Å²) in [6.07, 6.45) is -3.25. The summed E-state index contributed by atoms with van der Waals surface area (Å²) in [5.74, 6) is -2.83. The normalized spacial score (nSPS) is 15.4. The van der Waals surface area contributed by atoms with E-state index in [0.29, 0.717) is 12.1 Å². The number of aromatic nitrogens is 1. The molecule has 3 aromatic rings. The fourth-order valence-corrected chi connectivity index (χ4v) is 5.58. The van der Waals surface area contributed by atoms with Crippen LogP contribution in [-0.2, 0) is 21.4 Å². The molecule has 0 amide bonds. The van der Waals surface area contributed by atoms with Gasteiger partial charge in [0.05, 0.1) is 11.7 Å². The number of hydrogen-bond donors (Lipinski definition) is 0. The van der Waals surface area contributed by atoms with E-state index >= 15 is 0 Å². The number of fused-ring (bicyclic) bond motifs is 1. The first-order valence-electron chi connectivity index (χ1n) is 8.61. The van der Waals surface area contributed by atoms with Crippen molar-refractivity contribution >= 4 is 38.2 Å². The highest BCUT2D eigenvalue weighted by Gasteiger charge is 2.42. The molecule has 1 aliphatic heterocycles. The number of benzene rings is 1. The molecule has 6 nitrogen and oxygen atoms in total. The highest BCUT2D eigenvalue weighted by molar-refractivity contribution is 7.92. The molecule has 0 aliphatic carbocycles. The Labute approximate surface area is 168 Å². The van der Waals surface area contributed by atoms with Gasteiger partial charge in [-0.25, -0.2) is 8.77 Å². The molecule has 29 heavy (non-hydrogen) atoms. The molecule has 3 heterocycles. The number of likely N-dealkylation sites (tertiary alicyclic amines) is 1. The lowest BCUT2D eigenvalue weighted by Gasteiger charge is -2.30. The zero-order valence-electron chi connectivity index (χ0n) is 14.8. The van der Waals surface area contributed by atoms with Crippen molar-refractivity contribution in [1.82, 2.24) is 8.87 Å². The molecule has 0 N–H and O–H groups in total. The van der Waals surface area contributed by atoms with Crippen molar-refractivity contribution in [1.29, 1.82) is 0 Å². The molecule has 1 fully saturated rings. The Morgan fingerprint density at radius 2 is 1.93 bits per heavy atom. The number of halogens is 3. The fraction of sp³-hybridized carbons (Fsp3) is 0.278. The van der Waals surface area contributed by atoms with Gasteiger partial charge in [-0.15, -0.1) is 11.3 Å². The minimum absolute atomic E-state index is 0.0243. The molecular weight excluding hydrogens is 429 g/mol. The molecule has 2 aromatic heterocycles. The maximum Gasteiger partial charge on any atom is 0.491 e. The average molecular weight is 444 g/mol. The van der Waals surface area contributed by atoms with E-state index in [4.69, 9.17) is 0 Å². The van der Waals surface area contributed by atoms with Crippen molar-refractivity contribution in [3.63, 3.8) is 0 Å². The van der Waals surface area contributed by atoms with Crippen LogP contribution in [0.3, 0.4) is 0 Å². The molecule has 0 spiro atoms. The molecule has 1 aliphatic rings. The monoisotopic (exact) mass is 444 g/mol. The number of ether oxygens (including phenoxy) is 1. The maximum atomic E-state index is 13.0. The quantitative estimate of drug-likeness (QED) is 0.563. The summed E-state index contributed by atoms with van der Waals surface area (Å²) >= 11 is 0.984. The van der Waals surface area contributed by atoms with E-state index in [1.807, 2.05) is 0 Å². The van der Waals surface area contributed by atoms with Gasteiger partial charge in [-0.1, -0.05) is 18.2 Å². The second kappa shape index (κ2) is 7.15. The van der Waals surface area contributed by atoms with Crippen LogP contribution >= 0.6 is 11.3 Å². The number of nitrogens with zero attached hydrogens (tertiary/aromatic N) is 2. The van der Waals surface area contributed by atoms with Crippen LogP contribution in [0.2, 0.25) is 0 Å². The van der Waals surface area contributed by atoms with Gasteiger partial charge < -0.3 is 4.74 Å². The zero-order valence-corrected chi connectivity index (χ0v) is 16.5. The molecule has 11 heteroatoms. The number of carbonyl (C=O) groups excluding carboxylic acids is 1. The number of alkyl halides is 3. The Balaban J connectivity index is 1.89. The van der Waals surface area contributed by atoms with Crippen LogP contribution in [0.4, 0.5) is 13.2 Å². The van der Waals surface area contributed by atoms with Crippen molar-refractivity contribution < 1.29 is 31.1 Å². The van der Waals surface area contributed by atoms with E-state index in [9.17, 15) is 26.4 Å². The Bertz CT molecular complexity index is 1160. The molecule has 1 saturated heterocycles. The van der Waals surface area contributed by atoms with E-state index < -0.39 is 27.9 Å². The molecule has 1 aromatic carbocycles. The van der Waals surface area contributed by atoms with Gasteiger partial charge in [0.2, 0.25) is 0 Å². The van der Waals surface area contributed by atoms with Gasteiger partial charge in [0, 0.05) is 11.9 Å². The van der Waals surface area contributed by atoms with Crippen LogP contribution in [0.5, 0.6) is 5.75 Å². The van der Waals surface area contributed by atoms with E-state index in [2.05, 4.69) is 9.64 Å². The Morgan fingerprint density at radius 1 is 1.17 bits per heavy atom. The summed E-state index contributed by atoms with van der Waals surface area (Å²) < 4.78 is 69.8. The first kappa shape index (κ1) is 19.9. The molecule has 0 unspecified atom stereocenters. The second-order valence-electron chi connectivity index (χ2n) is 6.55. The molecule has 0 saturated carbocycles. The largest absolute Gasteiger partial charge is 0.491 e.